The number of aromatic amines is 1. The van der Waals surface area contributed by atoms with Crippen molar-refractivity contribution in [1.82, 2.24) is 15.2 Å². The molecule has 1 aromatic rings. The van der Waals surface area contributed by atoms with Gasteiger partial charge >= 0.3 is 0 Å². The first-order chi connectivity index (χ1) is 6.69. The Bertz CT molecular complexity index is 374. The van der Waals surface area contributed by atoms with Crippen LogP contribution < -0.4 is 0 Å². The number of aromatic nitrogens is 2. The molecule has 1 aromatic heterocycles. The zero-order chi connectivity index (χ0) is 10.6. The van der Waals surface area contributed by atoms with Crippen molar-refractivity contribution in [2.75, 3.05) is 20.4 Å². The largest absolute Gasteiger partial charge is 0.285 e. The summed E-state index contributed by atoms with van der Waals surface area (Å²) in [7, 11) is 3.50. The van der Waals surface area contributed by atoms with Gasteiger partial charge in [0.25, 0.3) is 0 Å². The van der Waals surface area contributed by atoms with Crippen molar-refractivity contribution in [1.29, 1.82) is 5.26 Å². The van der Waals surface area contributed by atoms with Crippen molar-refractivity contribution in [2.24, 2.45) is 10.3 Å². The Morgan fingerprint density at radius 3 is 2.79 bits per heavy atom. The van der Waals surface area contributed by atoms with E-state index < -0.39 is 0 Å². The van der Waals surface area contributed by atoms with Crippen LogP contribution in [0.4, 0.5) is 5.82 Å². The second kappa shape index (κ2) is 4.62. The van der Waals surface area contributed by atoms with E-state index in [-0.39, 0.29) is 0 Å². The van der Waals surface area contributed by atoms with E-state index >= 15 is 0 Å². The molecule has 0 aliphatic rings. The second-order valence-corrected chi connectivity index (χ2v) is 3.40. The molecule has 0 atom stereocenters. The Balaban J connectivity index is 2.99. The first-order valence-corrected chi connectivity index (χ1v) is 5.03. The van der Waals surface area contributed by atoms with Crippen molar-refractivity contribution < 1.29 is 0 Å². The molecule has 74 valence electrons. The van der Waals surface area contributed by atoms with Crippen molar-refractivity contribution in [2.45, 2.75) is 5.03 Å². The molecule has 0 bridgehead atoms. The molecule has 0 saturated carbocycles. The van der Waals surface area contributed by atoms with Gasteiger partial charge in [0.15, 0.2) is 5.82 Å². The topological polar surface area (TPSA) is 80.4 Å². The predicted molar refractivity (Wildman–Crippen MR) is 53.3 cm³/mol. The Morgan fingerprint density at radius 1 is 1.57 bits per heavy atom. The SMILES string of the molecule is CSc1n[nH]c(/N=N/N(C)C)c1C#N. The van der Waals surface area contributed by atoms with Crippen molar-refractivity contribution in [3.05, 3.63) is 5.56 Å². The molecule has 0 fully saturated rings. The summed E-state index contributed by atoms with van der Waals surface area (Å²) < 4.78 is 0. The summed E-state index contributed by atoms with van der Waals surface area (Å²) >= 11 is 1.39. The number of nitriles is 1. The van der Waals surface area contributed by atoms with E-state index in [1.807, 2.05) is 12.3 Å². The minimum Gasteiger partial charge on any atom is -0.285 e. The summed E-state index contributed by atoms with van der Waals surface area (Å²) in [5.41, 5.74) is 0.433. The molecule has 0 amide bonds. The maximum Gasteiger partial charge on any atom is 0.191 e. The standard InChI is InChI=1S/C7H10N6S/c1-13(2)12-10-6-5(4-8)7(14-3)11-9-6/h1-3H3,(H,9,11)/b12-10+. The normalized spacial score (nSPS) is 10.4. The molecule has 0 spiro atoms. The molecule has 0 saturated heterocycles. The summed E-state index contributed by atoms with van der Waals surface area (Å²) in [5, 5.41) is 25.2. The van der Waals surface area contributed by atoms with E-state index in [0.29, 0.717) is 16.4 Å². The van der Waals surface area contributed by atoms with Crippen molar-refractivity contribution in [3.8, 4) is 6.07 Å². The highest BCUT2D eigenvalue weighted by molar-refractivity contribution is 7.98. The zero-order valence-corrected chi connectivity index (χ0v) is 8.96. The Hall–Kier alpha value is -1.55. The molecule has 1 heterocycles. The first kappa shape index (κ1) is 10.5. The van der Waals surface area contributed by atoms with Crippen LogP contribution in [0.25, 0.3) is 0 Å². The van der Waals surface area contributed by atoms with Crippen LogP contribution in [-0.2, 0) is 0 Å². The highest BCUT2D eigenvalue weighted by atomic mass is 32.2. The van der Waals surface area contributed by atoms with Gasteiger partial charge in [0.2, 0.25) is 0 Å². The summed E-state index contributed by atoms with van der Waals surface area (Å²) in [6, 6.07) is 2.03. The number of hydrogen-bond acceptors (Lipinski definition) is 5. The summed E-state index contributed by atoms with van der Waals surface area (Å²) in [5.74, 6) is 0.394. The van der Waals surface area contributed by atoms with Crippen LogP contribution in [0.2, 0.25) is 0 Å². The van der Waals surface area contributed by atoms with Crippen LogP contribution in [0.1, 0.15) is 5.56 Å². The first-order valence-electron chi connectivity index (χ1n) is 3.80. The van der Waals surface area contributed by atoms with Crippen molar-refractivity contribution in [3.63, 3.8) is 0 Å². The molecule has 0 radical (unpaired) electrons. The highest BCUT2D eigenvalue weighted by Crippen LogP contribution is 2.25. The summed E-state index contributed by atoms with van der Waals surface area (Å²) in [6.45, 7) is 0. The smallest absolute Gasteiger partial charge is 0.191 e. The van der Waals surface area contributed by atoms with Gasteiger partial charge in [-0.2, -0.15) is 10.4 Å². The van der Waals surface area contributed by atoms with Gasteiger partial charge in [-0.1, -0.05) is 5.22 Å². The van der Waals surface area contributed by atoms with Gasteiger partial charge in [0.1, 0.15) is 16.7 Å². The van der Waals surface area contributed by atoms with Gasteiger partial charge in [0.05, 0.1) is 0 Å². The van der Waals surface area contributed by atoms with Crippen LogP contribution >= 0.6 is 11.8 Å². The zero-order valence-electron chi connectivity index (χ0n) is 8.14. The average molecular weight is 210 g/mol. The molecule has 0 aliphatic carbocycles. The van der Waals surface area contributed by atoms with E-state index in [0.717, 1.165) is 0 Å². The number of thioether (sulfide) groups is 1. The molecule has 0 aliphatic heterocycles. The van der Waals surface area contributed by atoms with Crippen LogP contribution in [0.3, 0.4) is 0 Å². The minimum atomic E-state index is 0.394. The highest BCUT2D eigenvalue weighted by Gasteiger charge is 2.11. The maximum atomic E-state index is 8.85. The lowest BCUT2D eigenvalue weighted by Crippen LogP contribution is -1.99. The molecule has 1 N–H and O–H groups in total. The van der Waals surface area contributed by atoms with E-state index in [1.54, 1.807) is 19.1 Å². The maximum absolute atomic E-state index is 8.85. The Labute approximate surface area is 86.0 Å². The lowest BCUT2D eigenvalue weighted by atomic mass is 10.4. The number of rotatable bonds is 3. The average Bonchev–Trinajstić information content (AvgIpc) is 2.56. The minimum absolute atomic E-state index is 0.394. The van der Waals surface area contributed by atoms with Crippen LogP contribution in [0, 0.1) is 11.3 Å². The molecule has 1 rings (SSSR count). The molecular weight excluding hydrogens is 200 g/mol. The number of H-pyrrole nitrogens is 1. The third kappa shape index (κ3) is 2.23. The molecule has 6 nitrogen and oxygen atoms in total. The van der Waals surface area contributed by atoms with E-state index in [2.05, 4.69) is 20.5 Å². The fourth-order valence-corrected chi connectivity index (χ4v) is 1.26. The van der Waals surface area contributed by atoms with Crippen molar-refractivity contribution >= 4 is 17.6 Å². The number of hydrogen-bond donors (Lipinski definition) is 1. The quantitative estimate of drug-likeness (QED) is 0.466. The molecule has 0 aromatic carbocycles. The van der Waals surface area contributed by atoms with Crippen LogP contribution in [0.5, 0.6) is 0 Å². The second-order valence-electron chi connectivity index (χ2n) is 2.60. The Kier molecular flexibility index (Phi) is 3.48. The van der Waals surface area contributed by atoms with Crippen LogP contribution in [-0.4, -0.2) is 35.6 Å². The van der Waals surface area contributed by atoms with Gasteiger partial charge in [-0.15, -0.1) is 16.9 Å². The van der Waals surface area contributed by atoms with Gasteiger partial charge in [-0.3, -0.25) is 10.1 Å². The van der Waals surface area contributed by atoms with Crippen LogP contribution in [0.15, 0.2) is 15.4 Å². The predicted octanol–water partition coefficient (Wildman–Crippen LogP) is 1.56. The molecule has 0 unspecified atom stereocenters. The Morgan fingerprint density at radius 2 is 2.29 bits per heavy atom. The van der Waals surface area contributed by atoms with E-state index in [1.165, 1.54) is 11.8 Å². The monoisotopic (exact) mass is 210 g/mol. The fraction of sp³-hybridized carbons (Fsp3) is 0.429. The molecule has 7 heteroatoms. The summed E-state index contributed by atoms with van der Waals surface area (Å²) in [6.07, 6.45) is 1.85. The van der Waals surface area contributed by atoms with Gasteiger partial charge in [-0.25, -0.2) is 0 Å². The third-order valence-corrected chi connectivity index (χ3v) is 2.02. The van der Waals surface area contributed by atoms with Gasteiger partial charge in [-0.05, 0) is 6.26 Å². The summed E-state index contributed by atoms with van der Waals surface area (Å²) in [4.78, 5) is 0. The molecule has 14 heavy (non-hydrogen) atoms. The van der Waals surface area contributed by atoms with E-state index in [9.17, 15) is 0 Å². The molecular formula is C7H10N6S. The number of nitrogens with one attached hydrogen (secondary N) is 1. The van der Waals surface area contributed by atoms with E-state index in [4.69, 9.17) is 5.26 Å². The lowest BCUT2D eigenvalue weighted by molar-refractivity contribution is 0.407. The number of nitrogens with zero attached hydrogens (tertiary/aromatic N) is 5. The lowest BCUT2D eigenvalue weighted by Gasteiger charge is -1.98. The third-order valence-electron chi connectivity index (χ3n) is 1.34. The van der Waals surface area contributed by atoms with Gasteiger partial charge in [0, 0.05) is 14.1 Å². The fourth-order valence-electron chi connectivity index (χ4n) is 0.772. The van der Waals surface area contributed by atoms with Gasteiger partial charge < -0.3 is 0 Å².